The van der Waals surface area contributed by atoms with E-state index in [0.29, 0.717) is 12.1 Å². The van der Waals surface area contributed by atoms with Crippen LogP contribution < -0.4 is 5.32 Å². The van der Waals surface area contributed by atoms with E-state index in [-0.39, 0.29) is 5.60 Å². The average Bonchev–Trinajstić information content (AvgIpc) is 2.63. The van der Waals surface area contributed by atoms with E-state index in [1.54, 1.807) is 11.3 Å². The molecule has 1 fully saturated rings. The molecule has 0 aromatic carbocycles. The highest BCUT2D eigenvalue weighted by molar-refractivity contribution is 7.09. The van der Waals surface area contributed by atoms with Gasteiger partial charge in [-0.05, 0) is 40.5 Å². The molecular weight excluding hydrogens is 232 g/mol. The van der Waals surface area contributed by atoms with Crippen LogP contribution >= 0.6 is 11.3 Å². The molecule has 2 heterocycles. The van der Waals surface area contributed by atoms with Crippen LogP contribution in [-0.4, -0.2) is 23.2 Å². The lowest BCUT2D eigenvalue weighted by atomic mass is 9.93. The molecule has 2 atom stereocenters. The fourth-order valence-electron chi connectivity index (χ4n) is 2.37. The lowest BCUT2D eigenvalue weighted by Gasteiger charge is -2.37. The molecule has 0 aliphatic carbocycles. The summed E-state index contributed by atoms with van der Waals surface area (Å²) >= 11 is 1.74. The highest BCUT2D eigenvalue weighted by atomic mass is 32.1. The maximum Gasteiger partial charge on any atom is 0.110 e. The largest absolute Gasteiger partial charge is 0.375 e. The first-order valence-corrected chi connectivity index (χ1v) is 7.16. The number of hydrogen-bond acceptors (Lipinski definition) is 4. The normalized spacial score (nSPS) is 25.8. The highest BCUT2D eigenvalue weighted by Gasteiger charge is 2.29. The number of nitrogens with zero attached hydrogens (tertiary/aromatic N) is 1. The lowest BCUT2D eigenvalue weighted by Crippen LogP contribution is -2.44. The summed E-state index contributed by atoms with van der Waals surface area (Å²) in [6.45, 7) is 9.43. The second-order valence-corrected chi connectivity index (χ2v) is 6.40. The number of thiazole rings is 1. The molecule has 4 heteroatoms. The standard InChI is InChI=1S/C13H22N2OS/c1-9-8-17-12(14-9)10(2)15-11-5-6-16-13(3,4)7-11/h8,10-11,15H,5-7H2,1-4H3. The van der Waals surface area contributed by atoms with Gasteiger partial charge in [-0.3, -0.25) is 0 Å². The molecule has 3 nitrogen and oxygen atoms in total. The number of nitrogens with one attached hydrogen (secondary N) is 1. The van der Waals surface area contributed by atoms with Crippen molar-refractivity contribution >= 4 is 11.3 Å². The van der Waals surface area contributed by atoms with Gasteiger partial charge in [0.25, 0.3) is 0 Å². The van der Waals surface area contributed by atoms with Crippen LogP contribution in [0.25, 0.3) is 0 Å². The van der Waals surface area contributed by atoms with Crippen molar-refractivity contribution in [2.45, 2.75) is 58.2 Å². The first kappa shape index (κ1) is 13.0. The average molecular weight is 254 g/mol. The van der Waals surface area contributed by atoms with Crippen LogP contribution in [0, 0.1) is 6.92 Å². The molecule has 1 aliphatic heterocycles. The molecule has 0 amide bonds. The van der Waals surface area contributed by atoms with Crippen LogP contribution in [0.15, 0.2) is 5.38 Å². The summed E-state index contributed by atoms with van der Waals surface area (Å²) in [7, 11) is 0. The predicted molar refractivity (Wildman–Crippen MR) is 71.5 cm³/mol. The molecule has 0 spiro atoms. The van der Waals surface area contributed by atoms with Crippen molar-refractivity contribution in [2.75, 3.05) is 6.61 Å². The lowest BCUT2D eigenvalue weighted by molar-refractivity contribution is -0.0640. The quantitative estimate of drug-likeness (QED) is 0.900. The zero-order chi connectivity index (χ0) is 12.5. The molecule has 17 heavy (non-hydrogen) atoms. The summed E-state index contributed by atoms with van der Waals surface area (Å²) in [6.07, 6.45) is 2.17. The van der Waals surface area contributed by atoms with Gasteiger partial charge in [0.1, 0.15) is 5.01 Å². The number of aryl methyl sites for hydroxylation is 1. The van der Waals surface area contributed by atoms with Crippen molar-refractivity contribution in [2.24, 2.45) is 0 Å². The summed E-state index contributed by atoms with van der Waals surface area (Å²) in [5, 5.41) is 6.97. The molecule has 96 valence electrons. The van der Waals surface area contributed by atoms with Crippen molar-refractivity contribution in [3.05, 3.63) is 16.1 Å². The topological polar surface area (TPSA) is 34.1 Å². The van der Waals surface area contributed by atoms with Crippen molar-refractivity contribution in [3.63, 3.8) is 0 Å². The van der Waals surface area contributed by atoms with Gasteiger partial charge in [-0.15, -0.1) is 11.3 Å². The molecule has 1 saturated heterocycles. The second-order valence-electron chi connectivity index (χ2n) is 5.51. The summed E-state index contributed by atoms with van der Waals surface area (Å²) in [5.41, 5.74) is 1.12. The zero-order valence-electron chi connectivity index (χ0n) is 11.1. The van der Waals surface area contributed by atoms with E-state index in [0.717, 1.165) is 25.1 Å². The second kappa shape index (κ2) is 5.04. The van der Waals surface area contributed by atoms with E-state index in [4.69, 9.17) is 4.74 Å². The first-order valence-electron chi connectivity index (χ1n) is 6.28. The van der Waals surface area contributed by atoms with Crippen LogP contribution in [0.4, 0.5) is 0 Å². The minimum atomic E-state index is 0.00836. The SMILES string of the molecule is Cc1csc(C(C)NC2CCOC(C)(C)C2)n1. The summed E-state index contributed by atoms with van der Waals surface area (Å²) in [5.74, 6) is 0. The van der Waals surface area contributed by atoms with Crippen LogP contribution in [0.5, 0.6) is 0 Å². The number of hydrogen-bond donors (Lipinski definition) is 1. The van der Waals surface area contributed by atoms with Crippen LogP contribution in [0.1, 0.15) is 50.4 Å². The molecule has 1 N–H and O–H groups in total. The van der Waals surface area contributed by atoms with E-state index in [1.165, 1.54) is 5.01 Å². The highest BCUT2D eigenvalue weighted by Crippen LogP contribution is 2.26. The van der Waals surface area contributed by atoms with Gasteiger partial charge in [0.2, 0.25) is 0 Å². The fourth-order valence-corrected chi connectivity index (χ4v) is 3.18. The monoisotopic (exact) mass is 254 g/mol. The molecular formula is C13H22N2OS. The Kier molecular flexibility index (Phi) is 3.85. The van der Waals surface area contributed by atoms with E-state index in [2.05, 4.69) is 36.5 Å². The van der Waals surface area contributed by atoms with E-state index < -0.39 is 0 Å². The van der Waals surface area contributed by atoms with Gasteiger partial charge in [0.05, 0.1) is 11.6 Å². The van der Waals surface area contributed by atoms with Crippen LogP contribution in [0.3, 0.4) is 0 Å². The third kappa shape index (κ3) is 3.50. The Labute approximate surface area is 108 Å². The van der Waals surface area contributed by atoms with Gasteiger partial charge in [-0.1, -0.05) is 0 Å². The molecule has 0 bridgehead atoms. The van der Waals surface area contributed by atoms with Crippen molar-refractivity contribution in [1.82, 2.24) is 10.3 Å². The summed E-state index contributed by atoms with van der Waals surface area (Å²) in [4.78, 5) is 4.54. The Morgan fingerprint density at radius 3 is 2.94 bits per heavy atom. The summed E-state index contributed by atoms with van der Waals surface area (Å²) < 4.78 is 5.73. The molecule has 0 radical (unpaired) electrons. The fraction of sp³-hybridized carbons (Fsp3) is 0.769. The predicted octanol–water partition coefficient (Wildman–Crippen LogP) is 3.06. The summed E-state index contributed by atoms with van der Waals surface area (Å²) in [6, 6.07) is 0.880. The maximum absolute atomic E-state index is 5.73. The van der Waals surface area contributed by atoms with Gasteiger partial charge in [-0.25, -0.2) is 4.98 Å². The molecule has 1 aromatic rings. The van der Waals surface area contributed by atoms with E-state index >= 15 is 0 Å². The van der Waals surface area contributed by atoms with Gasteiger partial charge >= 0.3 is 0 Å². The number of aromatic nitrogens is 1. The van der Waals surface area contributed by atoms with Crippen molar-refractivity contribution < 1.29 is 4.74 Å². The first-order chi connectivity index (χ1) is 7.96. The van der Waals surface area contributed by atoms with Crippen LogP contribution in [-0.2, 0) is 4.74 Å². The molecule has 2 rings (SSSR count). The van der Waals surface area contributed by atoms with Gasteiger partial charge < -0.3 is 10.1 Å². The van der Waals surface area contributed by atoms with E-state index in [1.807, 2.05) is 6.92 Å². The Morgan fingerprint density at radius 2 is 2.35 bits per heavy atom. The molecule has 1 aliphatic rings. The molecule has 1 aromatic heterocycles. The van der Waals surface area contributed by atoms with Gasteiger partial charge in [0, 0.05) is 23.7 Å². The smallest absolute Gasteiger partial charge is 0.110 e. The number of ether oxygens (including phenoxy) is 1. The molecule has 2 unspecified atom stereocenters. The van der Waals surface area contributed by atoms with Crippen LogP contribution in [0.2, 0.25) is 0 Å². The van der Waals surface area contributed by atoms with Gasteiger partial charge in [-0.2, -0.15) is 0 Å². The Morgan fingerprint density at radius 1 is 1.59 bits per heavy atom. The van der Waals surface area contributed by atoms with Crippen molar-refractivity contribution in [3.8, 4) is 0 Å². The maximum atomic E-state index is 5.73. The minimum absolute atomic E-state index is 0.00836. The Balaban J connectivity index is 1.92. The Bertz CT molecular complexity index is 375. The minimum Gasteiger partial charge on any atom is -0.375 e. The van der Waals surface area contributed by atoms with Gasteiger partial charge in [0.15, 0.2) is 0 Å². The zero-order valence-corrected chi connectivity index (χ0v) is 11.9. The van der Waals surface area contributed by atoms with Crippen molar-refractivity contribution in [1.29, 1.82) is 0 Å². The van der Waals surface area contributed by atoms with E-state index in [9.17, 15) is 0 Å². The number of rotatable bonds is 3. The molecule has 0 saturated carbocycles. The Hall–Kier alpha value is -0.450. The third-order valence-corrected chi connectivity index (χ3v) is 4.34. The third-order valence-electron chi connectivity index (χ3n) is 3.19.